The van der Waals surface area contributed by atoms with E-state index in [0.29, 0.717) is 12.5 Å². The van der Waals surface area contributed by atoms with Crippen LogP contribution in [0.3, 0.4) is 0 Å². The minimum Gasteiger partial charge on any atom is -0.341 e. The number of aryl methyl sites for hydroxylation is 1. The van der Waals surface area contributed by atoms with Crippen LogP contribution in [0.5, 0.6) is 0 Å². The predicted molar refractivity (Wildman–Crippen MR) is 73.7 cm³/mol. The van der Waals surface area contributed by atoms with Crippen LogP contribution in [-0.2, 0) is 0 Å². The molecule has 1 heterocycles. The van der Waals surface area contributed by atoms with Gasteiger partial charge in [-0.15, -0.1) is 0 Å². The van der Waals surface area contributed by atoms with E-state index in [1.54, 1.807) is 24.1 Å². The maximum absolute atomic E-state index is 13.7. The van der Waals surface area contributed by atoms with Gasteiger partial charge in [0.15, 0.2) is 0 Å². The van der Waals surface area contributed by atoms with Gasteiger partial charge in [0.05, 0.1) is 5.56 Å². The third kappa shape index (κ3) is 3.53. The summed E-state index contributed by atoms with van der Waals surface area (Å²) < 4.78 is 13.7. The van der Waals surface area contributed by atoms with E-state index < -0.39 is 5.82 Å². The third-order valence-corrected chi connectivity index (χ3v) is 3.69. The summed E-state index contributed by atoms with van der Waals surface area (Å²) in [5, 5.41) is 3.30. The van der Waals surface area contributed by atoms with Crippen LogP contribution in [0.1, 0.15) is 28.8 Å². The zero-order chi connectivity index (χ0) is 13.8. The van der Waals surface area contributed by atoms with E-state index in [2.05, 4.69) is 5.32 Å². The number of carbonyl (C=O) groups excluding carboxylic acids is 1. The molecule has 0 aliphatic carbocycles. The van der Waals surface area contributed by atoms with Crippen LogP contribution in [0, 0.1) is 18.7 Å². The number of halogens is 1. The Hall–Kier alpha value is -1.42. The van der Waals surface area contributed by atoms with E-state index >= 15 is 0 Å². The lowest BCUT2D eigenvalue weighted by molar-refractivity contribution is 0.0758. The normalized spacial score (nSPS) is 16.4. The topological polar surface area (TPSA) is 32.3 Å². The lowest BCUT2D eigenvalue weighted by Gasteiger charge is -2.27. The van der Waals surface area contributed by atoms with Gasteiger partial charge in [-0.3, -0.25) is 4.79 Å². The van der Waals surface area contributed by atoms with Gasteiger partial charge in [-0.2, -0.15) is 0 Å². The van der Waals surface area contributed by atoms with Crippen LogP contribution >= 0.6 is 0 Å². The Balaban J connectivity index is 2.03. The number of hydrogen-bond donors (Lipinski definition) is 1. The predicted octanol–water partition coefficient (Wildman–Crippen LogP) is 2.21. The van der Waals surface area contributed by atoms with E-state index in [1.807, 2.05) is 6.92 Å². The molecule has 104 valence electrons. The van der Waals surface area contributed by atoms with Crippen molar-refractivity contribution in [2.24, 2.45) is 5.92 Å². The van der Waals surface area contributed by atoms with E-state index in [1.165, 1.54) is 6.07 Å². The van der Waals surface area contributed by atoms with Crippen molar-refractivity contribution in [1.82, 2.24) is 10.2 Å². The first kappa shape index (κ1) is 14.0. The first-order chi connectivity index (χ1) is 9.08. The summed E-state index contributed by atoms with van der Waals surface area (Å²) in [6.45, 7) is 4.58. The van der Waals surface area contributed by atoms with Gasteiger partial charge in [0.2, 0.25) is 0 Å². The number of nitrogens with one attached hydrogen (secondary N) is 1. The molecular weight excluding hydrogens is 243 g/mol. The van der Waals surface area contributed by atoms with Crippen LogP contribution in [0.25, 0.3) is 0 Å². The summed E-state index contributed by atoms with van der Waals surface area (Å²) in [7, 11) is 1.76. The number of carbonyl (C=O) groups is 1. The van der Waals surface area contributed by atoms with Crippen molar-refractivity contribution in [1.29, 1.82) is 0 Å². The fraction of sp³-hybridized carbons (Fsp3) is 0.533. The molecule has 1 fully saturated rings. The minimum absolute atomic E-state index is 0.177. The van der Waals surface area contributed by atoms with Crippen LogP contribution in [-0.4, -0.2) is 37.5 Å². The Labute approximate surface area is 113 Å². The Morgan fingerprint density at radius 3 is 2.79 bits per heavy atom. The lowest BCUT2D eigenvalue weighted by atomic mass is 9.97. The highest BCUT2D eigenvalue weighted by Gasteiger charge is 2.21. The van der Waals surface area contributed by atoms with Gasteiger partial charge in [-0.25, -0.2) is 4.39 Å². The summed E-state index contributed by atoms with van der Waals surface area (Å²) in [4.78, 5) is 13.9. The molecule has 0 aromatic heterocycles. The summed E-state index contributed by atoms with van der Waals surface area (Å²) in [5.74, 6) is -0.143. The Morgan fingerprint density at radius 2 is 2.11 bits per heavy atom. The molecule has 1 aliphatic heterocycles. The Bertz CT molecular complexity index is 455. The molecule has 1 saturated heterocycles. The molecule has 1 aromatic rings. The highest BCUT2D eigenvalue weighted by atomic mass is 19.1. The van der Waals surface area contributed by atoms with Crippen molar-refractivity contribution in [3.63, 3.8) is 0 Å². The van der Waals surface area contributed by atoms with Crippen molar-refractivity contribution in [3.05, 3.63) is 35.1 Å². The van der Waals surface area contributed by atoms with Crippen LogP contribution in [0.4, 0.5) is 4.39 Å². The molecular formula is C15H21FN2O. The van der Waals surface area contributed by atoms with Gasteiger partial charge in [-0.05, 0) is 50.9 Å². The molecule has 1 aromatic carbocycles. The molecule has 0 bridgehead atoms. The average Bonchev–Trinajstić information content (AvgIpc) is 2.42. The number of nitrogens with zero attached hydrogens (tertiary/aromatic N) is 1. The molecule has 2 rings (SSSR count). The molecule has 0 atom stereocenters. The SMILES string of the molecule is Cc1ccc(F)c(C(=O)N(C)CC2CCNCC2)c1. The summed E-state index contributed by atoms with van der Waals surface area (Å²) >= 11 is 0. The quantitative estimate of drug-likeness (QED) is 0.907. The fourth-order valence-electron chi connectivity index (χ4n) is 2.54. The Kier molecular flexibility index (Phi) is 4.53. The first-order valence-corrected chi connectivity index (χ1v) is 6.80. The molecule has 0 radical (unpaired) electrons. The maximum Gasteiger partial charge on any atom is 0.256 e. The fourth-order valence-corrected chi connectivity index (χ4v) is 2.54. The zero-order valence-electron chi connectivity index (χ0n) is 11.6. The number of hydrogen-bond acceptors (Lipinski definition) is 2. The second kappa shape index (κ2) is 6.15. The Morgan fingerprint density at radius 1 is 1.42 bits per heavy atom. The second-order valence-electron chi connectivity index (χ2n) is 5.36. The van der Waals surface area contributed by atoms with Gasteiger partial charge < -0.3 is 10.2 Å². The van der Waals surface area contributed by atoms with Gasteiger partial charge in [-0.1, -0.05) is 11.6 Å². The first-order valence-electron chi connectivity index (χ1n) is 6.80. The molecule has 1 aliphatic rings. The van der Waals surface area contributed by atoms with Crippen molar-refractivity contribution in [3.8, 4) is 0 Å². The molecule has 3 nitrogen and oxygen atoms in total. The van der Waals surface area contributed by atoms with Gasteiger partial charge in [0.1, 0.15) is 5.82 Å². The zero-order valence-corrected chi connectivity index (χ0v) is 11.6. The van der Waals surface area contributed by atoms with Crippen molar-refractivity contribution < 1.29 is 9.18 Å². The molecule has 0 saturated carbocycles. The van der Waals surface area contributed by atoms with Gasteiger partial charge >= 0.3 is 0 Å². The average molecular weight is 264 g/mol. The van der Waals surface area contributed by atoms with Crippen molar-refractivity contribution >= 4 is 5.91 Å². The molecule has 19 heavy (non-hydrogen) atoms. The number of piperidine rings is 1. The van der Waals surface area contributed by atoms with Crippen LogP contribution < -0.4 is 5.32 Å². The van der Waals surface area contributed by atoms with E-state index in [0.717, 1.165) is 31.5 Å². The molecule has 0 unspecified atom stereocenters. The van der Waals surface area contributed by atoms with E-state index in [-0.39, 0.29) is 11.5 Å². The molecule has 0 spiro atoms. The van der Waals surface area contributed by atoms with Crippen molar-refractivity contribution in [2.75, 3.05) is 26.7 Å². The number of rotatable bonds is 3. The van der Waals surface area contributed by atoms with Gasteiger partial charge in [0.25, 0.3) is 5.91 Å². The summed E-state index contributed by atoms with van der Waals surface area (Å²) in [6.07, 6.45) is 2.15. The lowest BCUT2D eigenvalue weighted by Crippen LogP contribution is -2.37. The smallest absolute Gasteiger partial charge is 0.256 e. The number of benzene rings is 1. The third-order valence-electron chi connectivity index (χ3n) is 3.69. The summed E-state index contributed by atoms with van der Waals surface area (Å²) in [5.41, 5.74) is 1.08. The van der Waals surface area contributed by atoms with E-state index in [4.69, 9.17) is 0 Å². The summed E-state index contributed by atoms with van der Waals surface area (Å²) in [6, 6.07) is 4.66. The second-order valence-corrected chi connectivity index (χ2v) is 5.36. The van der Waals surface area contributed by atoms with Gasteiger partial charge in [0, 0.05) is 13.6 Å². The van der Waals surface area contributed by atoms with Crippen LogP contribution in [0.2, 0.25) is 0 Å². The molecule has 1 N–H and O–H groups in total. The minimum atomic E-state index is -0.437. The maximum atomic E-state index is 13.7. The largest absolute Gasteiger partial charge is 0.341 e. The van der Waals surface area contributed by atoms with Crippen molar-refractivity contribution in [2.45, 2.75) is 19.8 Å². The molecule has 1 amide bonds. The van der Waals surface area contributed by atoms with Crippen LogP contribution in [0.15, 0.2) is 18.2 Å². The van der Waals surface area contributed by atoms with E-state index in [9.17, 15) is 9.18 Å². The highest BCUT2D eigenvalue weighted by molar-refractivity contribution is 5.94. The molecule has 4 heteroatoms. The highest BCUT2D eigenvalue weighted by Crippen LogP contribution is 2.16. The monoisotopic (exact) mass is 264 g/mol. The standard InChI is InChI=1S/C15H21FN2O/c1-11-3-4-14(16)13(9-11)15(19)18(2)10-12-5-7-17-8-6-12/h3-4,9,12,17H,5-8,10H2,1-2H3. The number of amides is 1.